The van der Waals surface area contributed by atoms with Gasteiger partial charge in [0.25, 0.3) is 0 Å². The molecule has 0 aromatic carbocycles. The Morgan fingerprint density at radius 2 is 2.18 bits per heavy atom. The molecule has 0 saturated heterocycles. The van der Waals surface area contributed by atoms with Gasteiger partial charge in [0, 0.05) is 5.69 Å². The molecule has 2 N–H and O–H groups in total. The van der Waals surface area contributed by atoms with Crippen LogP contribution in [0.25, 0.3) is 0 Å². The molecule has 0 amide bonds. The summed E-state index contributed by atoms with van der Waals surface area (Å²) in [4.78, 5) is 3.87. The summed E-state index contributed by atoms with van der Waals surface area (Å²) in [7, 11) is -1.80. The molecule has 0 fully saturated rings. The fraction of sp³-hybridized carbons (Fsp3) is 0.167. The molecule has 0 aliphatic carbocycles. The van der Waals surface area contributed by atoms with Crippen molar-refractivity contribution in [3.8, 4) is 5.88 Å². The normalized spacial score (nSPS) is 9.36. The van der Waals surface area contributed by atoms with Gasteiger partial charge < -0.3 is 14.7 Å². The second-order valence-electron chi connectivity index (χ2n) is 2.06. The predicted molar refractivity (Wildman–Crippen MR) is 39.8 cm³/mol. The monoisotopic (exact) mass is 153 g/mol. The average Bonchev–Trinajstić information content (AvgIpc) is 1.85. The van der Waals surface area contributed by atoms with Crippen LogP contribution in [0.2, 0.25) is 0 Å². The Morgan fingerprint density at radius 3 is 2.73 bits per heavy atom. The van der Waals surface area contributed by atoms with E-state index in [9.17, 15) is 0 Å². The number of hydrogen-bond acceptors (Lipinski definition) is 4. The largest absolute Gasteiger partial charge is 0.708 e. The molecule has 1 rings (SSSR count). The molecule has 0 bridgehead atoms. The first-order valence-electron chi connectivity index (χ1n) is 3.15. The van der Waals surface area contributed by atoms with Gasteiger partial charge in [-0.1, -0.05) is 6.07 Å². The molecule has 0 saturated carbocycles. The fourth-order valence-corrected chi connectivity index (χ4v) is 0.692. The van der Waals surface area contributed by atoms with E-state index >= 15 is 0 Å². The number of hydrogen-bond donors (Lipinski definition) is 2. The van der Waals surface area contributed by atoms with Crippen molar-refractivity contribution < 1.29 is 14.7 Å². The summed E-state index contributed by atoms with van der Waals surface area (Å²) >= 11 is 0. The molecule has 5 heteroatoms. The van der Waals surface area contributed by atoms with Gasteiger partial charge in [0.15, 0.2) is 5.88 Å². The first-order valence-corrected chi connectivity index (χ1v) is 3.15. The summed E-state index contributed by atoms with van der Waals surface area (Å²) in [5.74, 6) is 0.208. The molecule has 4 nitrogen and oxygen atoms in total. The smallest absolute Gasteiger partial charge is 0.498 e. The molecule has 0 radical (unpaired) electrons. The summed E-state index contributed by atoms with van der Waals surface area (Å²) in [6.07, 6.45) is 0. The van der Waals surface area contributed by atoms with Gasteiger partial charge >= 0.3 is 7.32 Å². The molecular weight excluding hydrogens is 145 g/mol. The molecule has 11 heavy (non-hydrogen) atoms. The highest BCUT2D eigenvalue weighted by Gasteiger charge is 2.11. The summed E-state index contributed by atoms with van der Waals surface area (Å²) in [6, 6.07) is 5.06. The quantitative estimate of drug-likeness (QED) is 0.574. The number of rotatable bonds is 2. The van der Waals surface area contributed by atoms with E-state index in [0.29, 0.717) is 0 Å². The lowest BCUT2D eigenvalue weighted by molar-refractivity contribution is 0.283. The van der Waals surface area contributed by atoms with Gasteiger partial charge in [-0.2, -0.15) is 0 Å². The van der Waals surface area contributed by atoms with Gasteiger partial charge in [0.2, 0.25) is 0 Å². The maximum atomic E-state index is 8.39. The maximum absolute atomic E-state index is 8.39. The highest BCUT2D eigenvalue weighted by molar-refractivity contribution is 6.33. The minimum absolute atomic E-state index is 0.208. The number of pyridine rings is 1. The molecule has 1 heterocycles. The van der Waals surface area contributed by atoms with Crippen molar-refractivity contribution in [2.45, 2.75) is 6.92 Å². The van der Waals surface area contributed by atoms with Crippen LogP contribution in [0, 0.1) is 6.92 Å². The zero-order valence-electron chi connectivity index (χ0n) is 6.06. The third kappa shape index (κ3) is 2.57. The number of aromatic nitrogens is 1. The maximum Gasteiger partial charge on any atom is 0.708 e. The van der Waals surface area contributed by atoms with Crippen molar-refractivity contribution in [2.75, 3.05) is 0 Å². The highest BCUT2D eigenvalue weighted by atomic mass is 16.6. The second kappa shape index (κ2) is 3.36. The van der Waals surface area contributed by atoms with Crippen molar-refractivity contribution >= 4 is 7.32 Å². The van der Waals surface area contributed by atoms with Gasteiger partial charge in [-0.3, -0.25) is 0 Å². The van der Waals surface area contributed by atoms with Crippen LogP contribution in [-0.2, 0) is 0 Å². The Morgan fingerprint density at radius 1 is 1.45 bits per heavy atom. The first kappa shape index (κ1) is 8.04. The average molecular weight is 153 g/mol. The van der Waals surface area contributed by atoms with Crippen molar-refractivity contribution in [2.24, 2.45) is 0 Å². The third-order valence-corrected chi connectivity index (χ3v) is 1.09. The lowest BCUT2D eigenvalue weighted by Gasteiger charge is -2.02. The van der Waals surface area contributed by atoms with E-state index in [0.717, 1.165) is 5.69 Å². The molecular formula is C6H8BNO3. The van der Waals surface area contributed by atoms with Crippen molar-refractivity contribution in [3.63, 3.8) is 0 Å². The van der Waals surface area contributed by atoms with Gasteiger partial charge in [0.1, 0.15) is 0 Å². The van der Waals surface area contributed by atoms with E-state index < -0.39 is 7.32 Å². The molecule has 0 aliphatic rings. The summed E-state index contributed by atoms with van der Waals surface area (Å²) in [5, 5.41) is 16.8. The van der Waals surface area contributed by atoms with Crippen LogP contribution in [0.4, 0.5) is 0 Å². The minimum atomic E-state index is -1.80. The Hall–Kier alpha value is -1.07. The summed E-state index contributed by atoms with van der Waals surface area (Å²) < 4.78 is 4.50. The zero-order chi connectivity index (χ0) is 8.27. The fourth-order valence-electron chi connectivity index (χ4n) is 0.692. The van der Waals surface area contributed by atoms with Gasteiger partial charge in [-0.25, -0.2) is 4.98 Å². The molecule has 1 aromatic rings. The third-order valence-electron chi connectivity index (χ3n) is 1.09. The lowest BCUT2D eigenvalue weighted by atomic mass is 10.2. The van der Waals surface area contributed by atoms with Crippen LogP contribution in [0.1, 0.15) is 5.69 Å². The summed E-state index contributed by atoms with van der Waals surface area (Å²) in [6.45, 7) is 1.79. The molecule has 0 aliphatic heterocycles. The second-order valence-corrected chi connectivity index (χ2v) is 2.06. The van der Waals surface area contributed by atoms with Crippen molar-refractivity contribution in [1.29, 1.82) is 0 Å². The van der Waals surface area contributed by atoms with Gasteiger partial charge in [-0.05, 0) is 19.1 Å². The van der Waals surface area contributed by atoms with Crippen LogP contribution in [-0.4, -0.2) is 22.4 Å². The number of nitrogens with zero attached hydrogens (tertiary/aromatic N) is 1. The summed E-state index contributed by atoms with van der Waals surface area (Å²) in [5.41, 5.74) is 0.767. The van der Waals surface area contributed by atoms with Crippen molar-refractivity contribution in [1.82, 2.24) is 4.98 Å². The molecule has 1 aromatic heterocycles. The first-order chi connectivity index (χ1) is 5.18. The van der Waals surface area contributed by atoms with E-state index in [1.165, 1.54) is 0 Å². The van der Waals surface area contributed by atoms with Crippen LogP contribution in [0.5, 0.6) is 5.88 Å². The van der Waals surface area contributed by atoms with E-state index in [-0.39, 0.29) is 5.88 Å². The van der Waals surface area contributed by atoms with E-state index in [4.69, 9.17) is 10.0 Å². The Balaban J connectivity index is 2.71. The number of aryl methyl sites for hydroxylation is 1. The Bertz CT molecular complexity index is 241. The SMILES string of the molecule is Cc1cccc(OB(O)O)n1. The van der Waals surface area contributed by atoms with Gasteiger partial charge in [0.05, 0.1) is 0 Å². The molecule has 58 valence electrons. The standard InChI is InChI=1S/C6H8BNO3/c1-5-3-2-4-6(8-5)11-7(9)10/h2-4,9-10H,1H3. The van der Waals surface area contributed by atoms with Crippen LogP contribution < -0.4 is 4.65 Å². The van der Waals surface area contributed by atoms with Crippen LogP contribution >= 0.6 is 0 Å². The topological polar surface area (TPSA) is 62.6 Å². The molecule has 0 unspecified atom stereocenters. The van der Waals surface area contributed by atoms with Crippen LogP contribution in [0.15, 0.2) is 18.2 Å². The highest BCUT2D eigenvalue weighted by Crippen LogP contribution is 2.06. The Kier molecular flexibility index (Phi) is 2.46. The van der Waals surface area contributed by atoms with E-state index in [1.807, 2.05) is 0 Å². The zero-order valence-corrected chi connectivity index (χ0v) is 6.06. The molecule has 0 spiro atoms. The van der Waals surface area contributed by atoms with Crippen LogP contribution in [0.3, 0.4) is 0 Å². The predicted octanol–water partition coefficient (Wildman–Crippen LogP) is -0.262. The lowest BCUT2D eigenvalue weighted by Crippen LogP contribution is -2.21. The van der Waals surface area contributed by atoms with Crippen molar-refractivity contribution in [3.05, 3.63) is 23.9 Å². The van der Waals surface area contributed by atoms with E-state index in [2.05, 4.69) is 9.64 Å². The Labute approximate surface area is 64.6 Å². The minimum Gasteiger partial charge on any atom is -0.498 e. The van der Waals surface area contributed by atoms with E-state index in [1.54, 1.807) is 25.1 Å². The molecule has 0 atom stereocenters. The van der Waals surface area contributed by atoms with Gasteiger partial charge in [-0.15, -0.1) is 0 Å².